The average molecular weight is 344 g/mol. The zero-order valence-corrected chi connectivity index (χ0v) is 14.4. The Kier molecular flexibility index (Phi) is 4.40. The third-order valence-electron chi connectivity index (χ3n) is 4.64. The van der Waals surface area contributed by atoms with Crippen molar-refractivity contribution in [1.82, 2.24) is 9.88 Å². The first-order valence-electron chi connectivity index (χ1n) is 8.87. The summed E-state index contributed by atoms with van der Waals surface area (Å²) in [5.74, 6) is -0.0764. The smallest absolute Gasteiger partial charge is 0.255 e. The van der Waals surface area contributed by atoms with E-state index in [1.54, 1.807) is 0 Å². The molecule has 1 heterocycles. The van der Waals surface area contributed by atoms with Gasteiger partial charge in [-0.1, -0.05) is 60.7 Å². The molecule has 4 heteroatoms. The van der Waals surface area contributed by atoms with E-state index in [-0.39, 0.29) is 17.5 Å². The number of rotatable bonds is 5. The number of aromatic nitrogens is 1. The topological polar surface area (TPSA) is 53.2 Å². The molecule has 1 fully saturated rings. The number of pyridine rings is 1. The third-order valence-corrected chi connectivity index (χ3v) is 4.64. The standard InChI is InChI=1S/C22H20N2O2/c25-21-15-19(18-10-4-5-11-20(18)23-21)22(26)24(17-12-13-17)14-6-9-16-7-2-1-3-8-16/h1-11,15,17H,12-14H2,(H,23,25). The summed E-state index contributed by atoms with van der Waals surface area (Å²) >= 11 is 0. The maximum atomic E-state index is 13.2. The molecule has 1 aromatic heterocycles. The van der Waals surface area contributed by atoms with Crippen molar-refractivity contribution < 1.29 is 4.79 Å². The molecule has 1 saturated carbocycles. The van der Waals surface area contributed by atoms with Crippen LogP contribution in [0.3, 0.4) is 0 Å². The van der Waals surface area contributed by atoms with Crippen LogP contribution in [0.4, 0.5) is 0 Å². The molecule has 0 radical (unpaired) electrons. The highest BCUT2D eigenvalue weighted by atomic mass is 16.2. The van der Waals surface area contributed by atoms with Gasteiger partial charge in [0, 0.05) is 29.6 Å². The van der Waals surface area contributed by atoms with Crippen molar-refractivity contribution in [2.45, 2.75) is 18.9 Å². The molecule has 4 rings (SSSR count). The summed E-state index contributed by atoms with van der Waals surface area (Å²) in [5.41, 5.74) is 2.03. The van der Waals surface area contributed by atoms with Gasteiger partial charge < -0.3 is 9.88 Å². The maximum absolute atomic E-state index is 13.2. The van der Waals surface area contributed by atoms with Gasteiger partial charge in [-0.3, -0.25) is 9.59 Å². The fourth-order valence-corrected chi connectivity index (χ4v) is 3.19. The minimum atomic E-state index is -0.248. The van der Waals surface area contributed by atoms with E-state index in [2.05, 4.69) is 4.98 Å². The lowest BCUT2D eigenvalue weighted by Crippen LogP contribution is -2.34. The van der Waals surface area contributed by atoms with Crippen molar-refractivity contribution in [2.24, 2.45) is 0 Å². The van der Waals surface area contributed by atoms with Gasteiger partial charge in [0.05, 0.1) is 5.56 Å². The minimum Gasteiger partial charge on any atom is -0.332 e. The number of nitrogens with zero attached hydrogens (tertiary/aromatic N) is 1. The number of benzene rings is 2. The lowest BCUT2D eigenvalue weighted by atomic mass is 10.1. The number of carbonyl (C=O) groups is 1. The number of nitrogens with one attached hydrogen (secondary N) is 1. The summed E-state index contributed by atoms with van der Waals surface area (Å²) in [7, 11) is 0. The predicted molar refractivity (Wildman–Crippen MR) is 104 cm³/mol. The van der Waals surface area contributed by atoms with Crippen LogP contribution in [0.1, 0.15) is 28.8 Å². The molecule has 0 saturated heterocycles. The molecule has 3 aromatic rings. The molecule has 0 atom stereocenters. The number of hydrogen-bond donors (Lipinski definition) is 1. The molecule has 0 aliphatic heterocycles. The van der Waals surface area contributed by atoms with Gasteiger partial charge in [-0.15, -0.1) is 0 Å². The molecule has 1 amide bonds. The largest absolute Gasteiger partial charge is 0.332 e. The Morgan fingerprint density at radius 3 is 2.58 bits per heavy atom. The quantitative estimate of drug-likeness (QED) is 0.764. The number of para-hydroxylation sites is 1. The predicted octanol–water partition coefficient (Wildman–Crippen LogP) is 3.85. The van der Waals surface area contributed by atoms with Gasteiger partial charge in [-0.25, -0.2) is 0 Å². The Balaban J connectivity index is 1.62. The van der Waals surface area contributed by atoms with Gasteiger partial charge in [0.2, 0.25) is 5.56 Å². The number of H-pyrrole nitrogens is 1. The van der Waals surface area contributed by atoms with E-state index in [4.69, 9.17) is 0 Å². The minimum absolute atomic E-state index is 0.0764. The Bertz CT molecular complexity index is 1020. The SMILES string of the molecule is O=C(c1cc(=O)[nH]c2ccccc12)N(CC=Cc1ccccc1)C1CC1. The van der Waals surface area contributed by atoms with Gasteiger partial charge in [-0.2, -0.15) is 0 Å². The van der Waals surface area contributed by atoms with E-state index in [0.717, 1.165) is 23.8 Å². The molecule has 0 unspecified atom stereocenters. The molecule has 26 heavy (non-hydrogen) atoms. The van der Waals surface area contributed by atoms with Crippen molar-refractivity contribution in [3.8, 4) is 0 Å². The van der Waals surface area contributed by atoms with Gasteiger partial charge in [0.1, 0.15) is 0 Å². The second-order valence-electron chi connectivity index (χ2n) is 6.59. The molecule has 0 bridgehead atoms. The van der Waals surface area contributed by atoms with E-state index in [1.165, 1.54) is 6.07 Å². The normalized spacial score (nSPS) is 14.0. The summed E-state index contributed by atoms with van der Waals surface area (Å²) in [6.07, 6.45) is 6.08. The van der Waals surface area contributed by atoms with Crippen LogP contribution in [0.5, 0.6) is 0 Å². The summed E-state index contributed by atoms with van der Waals surface area (Å²) in [5, 5.41) is 0.787. The first-order valence-corrected chi connectivity index (χ1v) is 8.87. The second kappa shape index (κ2) is 7.00. The van der Waals surface area contributed by atoms with Gasteiger partial charge >= 0.3 is 0 Å². The highest BCUT2D eigenvalue weighted by Gasteiger charge is 2.33. The number of fused-ring (bicyclic) bond motifs is 1. The van der Waals surface area contributed by atoms with Crippen molar-refractivity contribution in [1.29, 1.82) is 0 Å². The molecular weight excluding hydrogens is 324 g/mol. The van der Waals surface area contributed by atoms with Crippen molar-refractivity contribution in [2.75, 3.05) is 6.54 Å². The first-order chi connectivity index (χ1) is 12.7. The number of carbonyl (C=O) groups excluding carboxylic acids is 1. The lowest BCUT2D eigenvalue weighted by molar-refractivity contribution is 0.0764. The Labute approximate surface area is 151 Å². The van der Waals surface area contributed by atoms with E-state index in [9.17, 15) is 9.59 Å². The highest BCUT2D eigenvalue weighted by Crippen LogP contribution is 2.29. The second-order valence-corrected chi connectivity index (χ2v) is 6.59. The Morgan fingerprint density at radius 2 is 1.81 bits per heavy atom. The van der Waals surface area contributed by atoms with Crippen LogP contribution < -0.4 is 5.56 Å². The molecule has 1 N–H and O–H groups in total. The van der Waals surface area contributed by atoms with E-state index >= 15 is 0 Å². The summed E-state index contributed by atoms with van der Waals surface area (Å²) in [4.78, 5) is 29.8. The van der Waals surface area contributed by atoms with Crippen LogP contribution >= 0.6 is 0 Å². The molecule has 1 aliphatic rings. The molecular formula is C22H20N2O2. The van der Waals surface area contributed by atoms with Gasteiger partial charge in [0.25, 0.3) is 5.91 Å². The Morgan fingerprint density at radius 1 is 1.08 bits per heavy atom. The summed E-state index contributed by atoms with van der Waals surface area (Å²) < 4.78 is 0. The van der Waals surface area contributed by atoms with Crippen LogP contribution in [0.2, 0.25) is 0 Å². The molecule has 2 aromatic carbocycles. The van der Waals surface area contributed by atoms with E-state index in [0.29, 0.717) is 17.6 Å². The van der Waals surface area contributed by atoms with Crippen LogP contribution in [-0.4, -0.2) is 28.4 Å². The van der Waals surface area contributed by atoms with E-state index in [1.807, 2.05) is 71.6 Å². The van der Waals surface area contributed by atoms with Crippen LogP contribution in [-0.2, 0) is 0 Å². The molecule has 130 valence electrons. The highest BCUT2D eigenvalue weighted by molar-refractivity contribution is 6.06. The van der Waals surface area contributed by atoms with Crippen molar-refractivity contribution in [3.63, 3.8) is 0 Å². The number of hydrogen-bond acceptors (Lipinski definition) is 2. The number of amides is 1. The van der Waals surface area contributed by atoms with Crippen LogP contribution in [0, 0.1) is 0 Å². The first kappa shape index (κ1) is 16.3. The molecule has 4 nitrogen and oxygen atoms in total. The Hall–Kier alpha value is -3.14. The molecule has 1 aliphatic carbocycles. The maximum Gasteiger partial charge on any atom is 0.255 e. The zero-order chi connectivity index (χ0) is 17.9. The fourth-order valence-electron chi connectivity index (χ4n) is 3.19. The van der Waals surface area contributed by atoms with E-state index < -0.39 is 0 Å². The summed E-state index contributed by atoms with van der Waals surface area (Å²) in [6.45, 7) is 0.541. The lowest BCUT2D eigenvalue weighted by Gasteiger charge is -2.21. The van der Waals surface area contributed by atoms with Crippen LogP contribution in [0.25, 0.3) is 17.0 Å². The number of aromatic amines is 1. The third kappa shape index (κ3) is 3.45. The van der Waals surface area contributed by atoms with Crippen molar-refractivity contribution in [3.05, 3.63) is 88.2 Å². The van der Waals surface area contributed by atoms with Crippen molar-refractivity contribution >= 4 is 22.9 Å². The van der Waals surface area contributed by atoms with Crippen LogP contribution in [0.15, 0.2) is 71.5 Å². The fraction of sp³-hybridized carbons (Fsp3) is 0.182. The summed E-state index contributed by atoms with van der Waals surface area (Å²) in [6, 6.07) is 19.2. The zero-order valence-electron chi connectivity index (χ0n) is 14.4. The van der Waals surface area contributed by atoms with Gasteiger partial charge in [-0.05, 0) is 24.5 Å². The molecule has 0 spiro atoms. The average Bonchev–Trinajstić information content (AvgIpc) is 3.50. The monoisotopic (exact) mass is 344 g/mol. The van der Waals surface area contributed by atoms with Gasteiger partial charge in [0.15, 0.2) is 0 Å².